The minimum atomic E-state index is 0.560. The molecule has 0 spiro atoms. The molecule has 0 aromatic heterocycles. The molecular weight excluding hydrogens is 232 g/mol. The van der Waals surface area contributed by atoms with Gasteiger partial charge in [0.25, 0.3) is 0 Å². The SMILES string of the molecule is CCOc1cc(N)cc(N2CCSCC2C)c1. The van der Waals surface area contributed by atoms with E-state index in [1.54, 1.807) is 0 Å². The lowest BCUT2D eigenvalue weighted by Crippen LogP contribution is -2.40. The molecule has 1 heterocycles. The topological polar surface area (TPSA) is 38.5 Å². The van der Waals surface area contributed by atoms with Gasteiger partial charge in [-0.25, -0.2) is 0 Å². The van der Waals surface area contributed by atoms with Crippen molar-refractivity contribution in [2.24, 2.45) is 0 Å². The van der Waals surface area contributed by atoms with Crippen LogP contribution in [-0.2, 0) is 0 Å². The van der Waals surface area contributed by atoms with Crippen LogP contribution in [0.1, 0.15) is 13.8 Å². The summed E-state index contributed by atoms with van der Waals surface area (Å²) >= 11 is 2.02. The molecule has 0 saturated carbocycles. The number of anilines is 2. The number of rotatable bonds is 3. The Bertz CT molecular complexity index is 384. The van der Waals surface area contributed by atoms with Crippen LogP contribution >= 0.6 is 11.8 Å². The van der Waals surface area contributed by atoms with Crippen molar-refractivity contribution in [2.75, 3.05) is 35.3 Å². The first-order valence-electron chi connectivity index (χ1n) is 6.08. The van der Waals surface area contributed by atoms with Crippen LogP contribution in [0.15, 0.2) is 18.2 Å². The molecule has 1 saturated heterocycles. The van der Waals surface area contributed by atoms with E-state index in [4.69, 9.17) is 10.5 Å². The Morgan fingerprint density at radius 2 is 2.29 bits per heavy atom. The van der Waals surface area contributed by atoms with Crippen LogP contribution in [0, 0.1) is 0 Å². The predicted molar refractivity (Wildman–Crippen MR) is 76.2 cm³/mol. The summed E-state index contributed by atoms with van der Waals surface area (Å²) in [5, 5.41) is 0. The highest BCUT2D eigenvalue weighted by atomic mass is 32.2. The molecule has 94 valence electrons. The van der Waals surface area contributed by atoms with Gasteiger partial charge in [-0.05, 0) is 19.9 Å². The molecule has 17 heavy (non-hydrogen) atoms. The number of hydrogen-bond donors (Lipinski definition) is 1. The van der Waals surface area contributed by atoms with Gasteiger partial charge in [-0.1, -0.05) is 0 Å². The molecule has 2 rings (SSSR count). The maximum Gasteiger partial charge on any atom is 0.123 e. The number of benzene rings is 1. The van der Waals surface area contributed by atoms with Crippen LogP contribution in [0.5, 0.6) is 5.75 Å². The van der Waals surface area contributed by atoms with Gasteiger partial charge in [0.2, 0.25) is 0 Å². The Labute approximate surface area is 107 Å². The second kappa shape index (κ2) is 5.54. The highest BCUT2D eigenvalue weighted by Gasteiger charge is 2.19. The largest absolute Gasteiger partial charge is 0.494 e. The maximum absolute atomic E-state index is 5.93. The molecule has 0 amide bonds. The summed E-state index contributed by atoms with van der Waals surface area (Å²) in [7, 11) is 0. The van der Waals surface area contributed by atoms with E-state index in [0.717, 1.165) is 18.0 Å². The Kier molecular flexibility index (Phi) is 4.05. The Hall–Kier alpha value is -1.03. The monoisotopic (exact) mass is 252 g/mol. The zero-order valence-corrected chi connectivity index (χ0v) is 11.3. The molecule has 1 aliphatic heterocycles. The van der Waals surface area contributed by atoms with Crippen molar-refractivity contribution in [2.45, 2.75) is 19.9 Å². The molecule has 1 aromatic carbocycles. The molecule has 4 heteroatoms. The zero-order valence-electron chi connectivity index (χ0n) is 10.5. The minimum absolute atomic E-state index is 0.560. The van der Waals surface area contributed by atoms with Crippen LogP contribution in [0.25, 0.3) is 0 Å². The fourth-order valence-electron chi connectivity index (χ4n) is 2.13. The van der Waals surface area contributed by atoms with E-state index in [-0.39, 0.29) is 0 Å². The molecular formula is C13H20N2OS. The Balaban J connectivity index is 2.24. The average molecular weight is 252 g/mol. The second-order valence-electron chi connectivity index (χ2n) is 4.31. The Morgan fingerprint density at radius 3 is 3.00 bits per heavy atom. The number of ether oxygens (including phenoxy) is 1. The van der Waals surface area contributed by atoms with E-state index in [1.165, 1.54) is 17.2 Å². The van der Waals surface area contributed by atoms with Gasteiger partial charge in [-0.3, -0.25) is 0 Å². The van der Waals surface area contributed by atoms with Crippen molar-refractivity contribution >= 4 is 23.1 Å². The summed E-state index contributed by atoms with van der Waals surface area (Å²) in [5.74, 6) is 3.23. The lowest BCUT2D eigenvalue weighted by molar-refractivity contribution is 0.340. The molecule has 0 bridgehead atoms. The van der Waals surface area contributed by atoms with Crippen molar-refractivity contribution in [3.05, 3.63) is 18.2 Å². The van der Waals surface area contributed by atoms with Gasteiger partial charge in [0.1, 0.15) is 5.75 Å². The van der Waals surface area contributed by atoms with Gasteiger partial charge in [-0.2, -0.15) is 11.8 Å². The standard InChI is InChI=1S/C13H20N2OS/c1-3-16-13-7-11(14)6-12(8-13)15-4-5-17-9-10(15)2/h6-8,10H,3-5,9,14H2,1-2H3. The first-order chi connectivity index (χ1) is 8.20. The molecule has 1 fully saturated rings. The molecule has 3 nitrogen and oxygen atoms in total. The van der Waals surface area contributed by atoms with Crippen LogP contribution in [0.2, 0.25) is 0 Å². The van der Waals surface area contributed by atoms with Gasteiger partial charge in [-0.15, -0.1) is 0 Å². The van der Waals surface area contributed by atoms with Gasteiger partial charge in [0.05, 0.1) is 6.61 Å². The van der Waals surface area contributed by atoms with Crippen LogP contribution < -0.4 is 15.4 Å². The molecule has 0 radical (unpaired) electrons. The van der Waals surface area contributed by atoms with E-state index in [9.17, 15) is 0 Å². The molecule has 0 aliphatic carbocycles. The van der Waals surface area contributed by atoms with Crippen molar-refractivity contribution in [3.8, 4) is 5.75 Å². The summed E-state index contributed by atoms with van der Waals surface area (Å²) in [6, 6.07) is 6.57. The van der Waals surface area contributed by atoms with Gasteiger partial charge in [0.15, 0.2) is 0 Å². The fourth-order valence-corrected chi connectivity index (χ4v) is 3.15. The molecule has 1 unspecified atom stereocenters. The summed E-state index contributed by atoms with van der Waals surface area (Å²) < 4.78 is 5.54. The van der Waals surface area contributed by atoms with E-state index < -0.39 is 0 Å². The number of nitrogen functional groups attached to an aromatic ring is 1. The average Bonchev–Trinajstić information content (AvgIpc) is 2.29. The number of thioether (sulfide) groups is 1. The molecule has 1 aliphatic rings. The number of nitrogens with two attached hydrogens (primary N) is 1. The van der Waals surface area contributed by atoms with Gasteiger partial charge in [0, 0.05) is 47.6 Å². The van der Waals surface area contributed by atoms with Crippen molar-refractivity contribution in [3.63, 3.8) is 0 Å². The predicted octanol–water partition coefficient (Wildman–Crippen LogP) is 2.61. The van der Waals surface area contributed by atoms with E-state index in [0.29, 0.717) is 12.6 Å². The number of nitrogens with zero attached hydrogens (tertiary/aromatic N) is 1. The third kappa shape index (κ3) is 3.00. The zero-order chi connectivity index (χ0) is 12.3. The van der Waals surface area contributed by atoms with Crippen LogP contribution in [-0.4, -0.2) is 30.7 Å². The quantitative estimate of drug-likeness (QED) is 0.839. The number of hydrogen-bond acceptors (Lipinski definition) is 4. The highest BCUT2D eigenvalue weighted by Crippen LogP contribution is 2.29. The normalized spacial score (nSPS) is 20.4. The third-order valence-electron chi connectivity index (χ3n) is 2.92. The van der Waals surface area contributed by atoms with Gasteiger partial charge < -0.3 is 15.4 Å². The molecule has 1 aromatic rings. The van der Waals surface area contributed by atoms with Crippen molar-refractivity contribution < 1.29 is 4.74 Å². The highest BCUT2D eigenvalue weighted by molar-refractivity contribution is 7.99. The van der Waals surface area contributed by atoms with Crippen LogP contribution in [0.3, 0.4) is 0 Å². The van der Waals surface area contributed by atoms with E-state index >= 15 is 0 Å². The van der Waals surface area contributed by atoms with E-state index in [2.05, 4.69) is 17.9 Å². The summed E-state index contributed by atoms with van der Waals surface area (Å²) in [6.07, 6.45) is 0. The second-order valence-corrected chi connectivity index (χ2v) is 5.46. The fraction of sp³-hybridized carbons (Fsp3) is 0.538. The Morgan fingerprint density at radius 1 is 1.47 bits per heavy atom. The summed E-state index contributed by atoms with van der Waals surface area (Å²) in [6.45, 7) is 6.01. The minimum Gasteiger partial charge on any atom is -0.494 e. The van der Waals surface area contributed by atoms with E-state index in [1.807, 2.05) is 30.8 Å². The lowest BCUT2D eigenvalue weighted by Gasteiger charge is -2.35. The van der Waals surface area contributed by atoms with Crippen molar-refractivity contribution in [1.82, 2.24) is 0 Å². The van der Waals surface area contributed by atoms with Gasteiger partial charge >= 0.3 is 0 Å². The third-order valence-corrected chi connectivity index (χ3v) is 4.11. The molecule has 1 atom stereocenters. The maximum atomic E-state index is 5.93. The smallest absolute Gasteiger partial charge is 0.123 e. The van der Waals surface area contributed by atoms with Crippen LogP contribution in [0.4, 0.5) is 11.4 Å². The van der Waals surface area contributed by atoms with Crippen molar-refractivity contribution in [1.29, 1.82) is 0 Å². The lowest BCUT2D eigenvalue weighted by atomic mass is 10.2. The summed E-state index contributed by atoms with van der Waals surface area (Å²) in [5.41, 5.74) is 7.89. The molecule has 2 N–H and O–H groups in total. The summed E-state index contributed by atoms with van der Waals surface area (Å²) in [4.78, 5) is 2.41. The first kappa shape index (κ1) is 12.4. The first-order valence-corrected chi connectivity index (χ1v) is 7.24.